The molecule has 0 amide bonds. The molecule has 13 heavy (non-hydrogen) atoms. The van der Waals surface area contributed by atoms with Crippen molar-refractivity contribution in [2.75, 3.05) is 0 Å². The number of rotatable bonds is 2. The summed E-state index contributed by atoms with van der Waals surface area (Å²) in [4.78, 5) is 4.31. The van der Waals surface area contributed by atoms with Gasteiger partial charge >= 0.3 is 0 Å². The first-order chi connectivity index (χ1) is 5.94. The lowest BCUT2D eigenvalue weighted by Gasteiger charge is -2.23. The van der Waals surface area contributed by atoms with Crippen LogP contribution in [0.4, 0.5) is 0 Å². The molecule has 0 bridgehead atoms. The third kappa shape index (κ3) is 1.40. The van der Waals surface area contributed by atoms with Gasteiger partial charge in [-0.15, -0.1) is 11.3 Å². The standard InChI is InChI=1S/C10H16N2S/c1-9(2)6-7(9)10(3,11)8-12-4-5-13-8/h4-5,7H,6,11H2,1-3H3. The summed E-state index contributed by atoms with van der Waals surface area (Å²) in [6, 6.07) is 0. The van der Waals surface area contributed by atoms with Gasteiger partial charge in [-0.2, -0.15) is 0 Å². The van der Waals surface area contributed by atoms with Crippen molar-refractivity contribution >= 4 is 11.3 Å². The van der Waals surface area contributed by atoms with E-state index in [9.17, 15) is 0 Å². The van der Waals surface area contributed by atoms with Crippen LogP contribution in [0.25, 0.3) is 0 Å². The summed E-state index contributed by atoms with van der Waals surface area (Å²) in [5, 5.41) is 3.07. The van der Waals surface area contributed by atoms with E-state index in [2.05, 4.69) is 25.8 Å². The van der Waals surface area contributed by atoms with E-state index < -0.39 is 0 Å². The average Bonchev–Trinajstić information content (AvgIpc) is 2.56. The quantitative estimate of drug-likeness (QED) is 0.788. The molecule has 1 heterocycles. The molecule has 2 atom stereocenters. The van der Waals surface area contributed by atoms with Gasteiger partial charge in [0.15, 0.2) is 0 Å². The molecule has 1 aliphatic rings. The zero-order valence-electron chi connectivity index (χ0n) is 8.37. The second-order valence-electron chi connectivity index (χ2n) is 4.87. The second kappa shape index (κ2) is 2.55. The lowest BCUT2D eigenvalue weighted by atomic mass is 9.92. The Bertz CT molecular complexity index is 301. The topological polar surface area (TPSA) is 38.9 Å². The van der Waals surface area contributed by atoms with E-state index in [0.29, 0.717) is 11.3 Å². The fraction of sp³-hybridized carbons (Fsp3) is 0.700. The molecule has 1 aliphatic carbocycles. The predicted molar refractivity (Wildman–Crippen MR) is 55.5 cm³/mol. The number of thiazole rings is 1. The highest BCUT2D eigenvalue weighted by Crippen LogP contribution is 2.59. The van der Waals surface area contributed by atoms with Crippen LogP contribution in [0.2, 0.25) is 0 Å². The summed E-state index contributed by atoms with van der Waals surface area (Å²) < 4.78 is 0. The highest BCUT2D eigenvalue weighted by Gasteiger charge is 2.55. The highest BCUT2D eigenvalue weighted by molar-refractivity contribution is 7.09. The minimum Gasteiger partial charge on any atom is -0.319 e. The molecule has 2 N–H and O–H groups in total. The van der Waals surface area contributed by atoms with Crippen molar-refractivity contribution in [3.8, 4) is 0 Å². The largest absolute Gasteiger partial charge is 0.319 e. The van der Waals surface area contributed by atoms with Crippen LogP contribution in [0, 0.1) is 11.3 Å². The summed E-state index contributed by atoms with van der Waals surface area (Å²) in [6.45, 7) is 6.65. The molecular weight excluding hydrogens is 180 g/mol. The van der Waals surface area contributed by atoms with E-state index in [1.165, 1.54) is 6.42 Å². The summed E-state index contributed by atoms with van der Waals surface area (Å²) in [7, 11) is 0. The second-order valence-corrected chi connectivity index (χ2v) is 5.76. The molecule has 72 valence electrons. The Labute approximate surface area is 83.2 Å². The Balaban J connectivity index is 2.23. The van der Waals surface area contributed by atoms with Crippen LogP contribution in [0.1, 0.15) is 32.2 Å². The van der Waals surface area contributed by atoms with E-state index >= 15 is 0 Å². The SMILES string of the molecule is CC1(C)CC1C(C)(N)c1nccs1. The van der Waals surface area contributed by atoms with Gasteiger partial charge in [0.25, 0.3) is 0 Å². The Hall–Kier alpha value is -0.410. The Morgan fingerprint density at radius 1 is 1.69 bits per heavy atom. The van der Waals surface area contributed by atoms with Crippen molar-refractivity contribution in [2.45, 2.75) is 32.7 Å². The summed E-state index contributed by atoms with van der Waals surface area (Å²) in [5.74, 6) is 0.589. The van der Waals surface area contributed by atoms with Crippen LogP contribution in [0.3, 0.4) is 0 Å². The number of nitrogens with zero attached hydrogens (tertiary/aromatic N) is 1. The van der Waals surface area contributed by atoms with Crippen molar-refractivity contribution in [1.29, 1.82) is 0 Å². The summed E-state index contributed by atoms with van der Waals surface area (Å²) in [6.07, 6.45) is 3.06. The minimum absolute atomic E-state index is 0.225. The van der Waals surface area contributed by atoms with Crippen LogP contribution in [-0.2, 0) is 5.54 Å². The molecule has 0 aromatic carbocycles. The van der Waals surface area contributed by atoms with Gasteiger partial charge in [0.05, 0.1) is 5.54 Å². The van der Waals surface area contributed by atoms with Crippen LogP contribution in [0.5, 0.6) is 0 Å². The first kappa shape index (κ1) is 9.16. The van der Waals surface area contributed by atoms with E-state index in [4.69, 9.17) is 5.73 Å². The lowest BCUT2D eigenvalue weighted by molar-refractivity contribution is 0.361. The van der Waals surface area contributed by atoms with Crippen LogP contribution in [0.15, 0.2) is 11.6 Å². The minimum atomic E-state index is -0.225. The van der Waals surface area contributed by atoms with Crippen molar-refractivity contribution in [1.82, 2.24) is 4.98 Å². The zero-order valence-corrected chi connectivity index (χ0v) is 9.19. The molecule has 1 aromatic rings. The maximum atomic E-state index is 6.31. The van der Waals surface area contributed by atoms with Gasteiger partial charge in [-0.1, -0.05) is 13.8 Å². The Morgan fingerprint density at radius 2 is 2.31 bits per heavy atom. The summed E-state index contributed by atoms with van der Waals surface area (Å²) >= 11 is 1.66. The lowest BCUT2D eigenvalue weighted by Crippen LogP contribution is -2.37. The molecule has 1 aromatic heterocycles. The first-order valence-corrected chi connectivity index (χ1v) is 5.51. The maximum absolute atomic E-state index is 6.31. The fourth-order valence-corrected chi connectivity index (χ4v) is 2.90. The molecule has 0 spiro atoms. The van der Waals surface area contributed by atoms with Crippen molar-refractivity contribution in [3.05, 3.63) is 16.6 Å². The van der Waals surface area contributed by atoms with Gasteiger partial charge in [0.1, 0.15) is 5.01 Å². The number of nitrogens with two attached hydrogens (primary N) is 1. The molecule has 3 heteroatoms. The molecule has 2 rings (SSSR count). The molecule has 1 saturated carbocycles. The van der Waals surface area contributed by atoms with Crippen LogP contribution in [-0.4, -0.2) is 4.98 Å². The Kier molecular flexibility index (Phi) is 1.79. The first-order valence-electron chi connectivity index (χ1n) is 4.63. The molecule has 0 saturated heterocycles. The zero-order chi connectivity index (χ0) is 9.69. The van der Waals surface area contributed by atoms with E-state index in [1.807, 2.05) is 11.6 Å². The van der Waals surface area contributed by atoms with E-state index in [-0.39, 0.29) is 5.54 Å². The number of aromatic nitrogens is 1. The van der Waals surface area contributed by atoms with Gasteiger partial charge in [0, 0.05) is 11.6 Å². The molecule has 0 radical (unpaired) electrons. The molecule has 2 unspecified atom stereocenters. The third-order valence-corrected chi connectivity index (χ3v) is 4.16. The molecular formula is C10H16N2S. The van der Waals surface area contributed by atoms with Crippen molar-refractivity contribution < 1.29 is 0 Å². The molecule has 2 nitrogen and oxygen atoms in total. The van der Waals surface area contributed by atoms with Gasteiger partial charge < -0.3 is 5.73 Å². The van der Waals surface area contributed by atoms with Crippen molar-refractivity contribution in [2.24, 2.45) is 17.1 Å². The van der Waals surface area contributed by atoms with Gasteiger partial charge in [-0.25, -0.2) is 4.98 Å². The normalized spacial score (nSPS) is 29.7. The van der Waals surface area contributed by atoms with E-state index in [1.54, 1.807) is 11.3 Å². The van der Waals surface area contributed by atoms with Crippen molar-refractivity contribution in [3.63, 3.8) is 0 Å². The highest BCUT2D eigenvalue weighted by atomic mass is 32.1. The van der Waals surface area contributed by atoms with E-state index in [0.717, 1.165) is 5.01 Å². The average molecular weight is 196 g/mol. The monoisotopic (exact) mass is 196 g/mol. The predicted octanol–water partition coefficient (Wildman–Crippen LogP) is 2.36. The molecule has 0 aliphatic heterocycles. The fourth-order valence-electron chi connectivity index (χ4n) is 2.13. The summed E-state index contributed by atoms with van der Waals surface area (Å²) in [5.41, 5.74) is 6.50. The smallest absolute Gasteiger partial charge is 0.112 e. The van der Waals surface area contributed by atoms with Crippen LogP contribution >= 0.6 is 11.3 Å². The number of hydrogen-bond donors (Lipinski definition) is 1. The van der Waals surface area contributed by atoms with Gasteiger partial charge in [0.2, 0.25) is 0 Å². The third-order valence-electron chi connectivity index (χ3n) is 3.13. The van der Waals surface area contributed by atoms with Gasteiger partial charge in [-0.05, 0) is 24.7 Å². The van der Waals surface area contributed by atoms with Gasteiger partial charge in [-0.3, -0.25) is 0 Å². The Morgan fingerprint density at radius 3 is 2.69 bits per heavy atom. The number of hydrogen-bond acceptors (Lipinski definition) is 3. The maximum Gasteiger partial charge on any atom is 0.112 e. The molecule has 1 fully saturated rings. The van der Waals surface area contributed by atoms with Crippen LogP contribution < -0.4 is 5.73 Å².